The summed E-state index contributed by atoms with van der Waals surface area (Å²) in [5.41, 5.74) is 0.604. The van der Waals surface area contributed by atoms with E-state index in [1.165, 1.54) is 12.1 Å². The molecule has 1 aromatic carbocycles. The topological polar surface area (TPSA) is 41.5 Å². The van der Waals surface area contributed by atoms with E-state index in [1.807, 2.05) is 6.92 Å². The molecule has 0 aliphatic heterocycles. The van der Waals surface area contributed by atoms with Crippen LogP contribution in [0.1, 0.15) is 31.4 Å². The molecule has 1 aromatic rings. The molecule has 0 saturated heterocycles. The lowest BCUT2D eigenvalue weighted by atomic mass is 9.89. The van der Waals surface area contributed by atoms with Gasteiger partial charge in [0.1, 0.15) is 0 Å². The number of aliphatic hydroxyl groups is 1. The minimum atomic E-state index is -4.63. The van der Waals surface area contributed by atoms with Crippen molar-refractivity contribution in [2.24, 2.45) is 0 Å². The minimum absolute atomic E-state index is 0.149. The summed E-state index contributed by atoms with van der Waals surface area (Å²) in [5, 5.41) is 12.3. The molecule has 1 fully saturated rings. The molecule has 1 atom stereocenters. The van der Waals surface area contributed by atoms with E-state index in [4.69, 9.17) is 9.84 Å². The number of rotatable bonds is 5. The molecule has 0 heterocycles. The second-order valence-corrected chi connectivity index (χ2v) is 4.96. The highest BCUT2D eigenvalue weighted by atomic mass is 19.4. The summed E-state index contributed by atoms with van der Waals surface area (Å²) < 4.78 is 42.5. The van der Waals surface area contributed by atoms with Gasteiger partial charge in [-0.1, -0.05) is 12.1 Å². The Morgan fingerprint density at radius 3 is 2.40 bits per heavy atom. The summed E-state index contributed by atoms with van der Waals surface area (Å²) >= 11 is 0. The van der Waals surface area contributed by atoms with Gasteiger partial charge in [0.2, 0.25) is 0 Å². The first-order chi connectivity index (χ1) is 9.40. The third-order valence-electron chi connectivity index (χ3n) is 3.40. The average Bonchev–Trinajstić information content (AvgIpc) is 2.35. The number of halogens is 3. The number of nitrogens with one attached hydrogen (secondary N) is 1. The zero-order valence-corrected chi connectivity index (χ0v) is 11.2. The largest absolute Gasteiger partial charge is 0.418 e. The summed E-state index contributed by atoms with van der Waals surface area (Å²) in [6.45, 7) is 2.65. The molecule has 0 spiro atoms. The Balaban J connectivity index is 1.87. The zero-order chi connectivity index (χ0) is 14.8. The molecule has 1 aliphatic rings. The van der Waals surface area contributed by atoms with Crippen molar-refractivity contribution in [1.29, 1.82) is 0 Å². The predicted octanol–water partition coefficient (Wildman–Crippen LogP) is 3.26. The Hall–Kier alpha value is -1.27. The lowest BCUT2D eigenvalue weighted by molar-refractivity contribution is -0.206. The summed E-state index contributed by atoms with van der Waals surface area (Å²) in [7, 11) is 0. The molecule has 1 aliphatic carbocycles. The highest BCUT2D eigenvalue weighted by Gasteiger charge is 2.39. The van der Waals surface area contributed by atoms with Crippen molar-refractivity contribution in [2.45, 2.75) is 44.2 Å². The van der Waals surface area contributed by atoms with Gasteiger partial charge in [0.05, 0.1) is 6.10 Å². The standard InChI is InChI=1S/C14H18F3NO2/c1-2-20-12-7-11(8-12)18-10-5-3-9(4-6-10)13(19)14(15,16)17/h3-6,11-13,18-19H,2,7-8H2,1H3. The molecule has 0 bridgehead atoms. The second-order valence-electron chi connectivity index (χ2n) is 4.96. The van der Waals surface area contributed by atoms with E-state index in [0.717, 1.165) is 18.5 Å². The molecular formula is C14H18F3NO2. The number of benzene rings is 1. The van der Waals surface area contributed by atoms with Gasteiger partial charge in [-0.25, -0.2) is 0 Å². The molecule has 2 rings (SSSR count). The highest BCUT2D eigenvalue weighted by Crippen LogP contribution is 2.33. The van der Waals surface area contributed by atoms with E-state index in [0.29, 0.717) is 12.6 Å². The quantitative estimate of drug-likeness (QED) is 0.874. The first-order valence-corrected chi connectivity index (χ1v) is 6.63. The van der Waals surface area contributed by atoms with Crippen molar-refractivity contribution in [3.63, 3.8) is 0 Å². The van der Waals surface area contributed by atoms with Gasteiger partial charge >= 0.3 is 6.18 Å². The van der Waals surface area contributed by atoms with Crippen LogP contribution in [0.25, 0.3) is 0 Å². The van der Waals surface area contributed by atoms with Gasteiger partial charge in [0.15, 0.2) is 6.10 Å². The molecule has 2 N–H and O–H groups in total. The van der Waals surface area contributed by atoms with E-state index >= 15 is 0 Å². The van der Waals surface area contributed by atoms with Gasteiger partial charge in [0.25, 0.3) is 0 Å². The van der Waals surface area contributed by atoms with Gasteiger partial charge in [0, 0.05) is 18.3 Å². The van der Waals surface area contributed by atoms with Gasteiger partial charge in [-0.3, -0.25) is 0 Å². The van der Waals surface area contributed by atoms with E-state index < -0.39 is 12.3 Å². The second kappa shape index (κ2) is 6.01. The van der Waals surface area contributed by atoms with Crippen LogP contribution in [-0.2, 0) is 4.74 Å². The van der Waals surface area contributed by atoms with E-state index in [1.54, 1.807) is 12.1 Å². The van der Waals surface area contributed by atoms with Crippen LogP contribution in [0, 0.1) is 0 Å². The molecular weight excluding hydrogens is 271 g/mol. The molecule has 20 heavy (non-hydrogen) atoms. The van der Waals surface area contributed by atoms with Crippen molar-refractivity contribution < 1.29 is 23.0 Å². The highest BCUT2D eigenvalue weighted by molar-refractivity contribution is 5.46. The number of hydrogen-bond donors (Lipinski definition) is 2. The predicted molar refractivity (Wildman–Crippen MR) is 69.5 cm³/mol. The Morgan fingerprint density at radius 1 is 1.30 bits per heavy atom. The fraction of sp³-hybridized carbons (Fsp3) is 0.571. The number of aliphatic hydroxyl groups excluding tert-OH is 1. The molecule has 6 heteroatoms. The Labute approximate surface area is 115 Å². The van der Waals surface area contributed by atoms with Crippen molar-refractivity contribution in [3.05, 3.63) is 29.8 Å². The summed E-state index contributed by atoms with van der Waals surface area (Å²) in [6, 6.07) is 5.99. The van der Waals surface area contributed by atoms with Gasteiger partial charge < -0.3 is 15.2 Å². The van der Waals surface area contributed by atoms with Crippen molar-refractivity contribution in [3.8, 4) is 0 Å². The van der Waals surface area contributed by atoms with Crippen LogP contribution in [0.3, 0.4) is 0 Å². The van der Waals surface area contributed by atoms with Crippen molar-refractivity contribution in [1.82, 2.24) is 0 Å². The maximum Gasteiger partial charge on any atom is 0.418 e. The van der Waals surface area contributed by atoms with Crippen molar-refractivity contribution >= 4 is 5.69 Å². The Bertz CT molecular complexity index is 427. The molecule has 1 saturated carbocycles. The van der Waals surface area contributed by atoms with Crippen LogP contribution in [0.4, 0.5) is 18.9 Å². The summed E-state index contributed by atoms with van der Waals surface area (Å²) in [4.78, 5) is 0. The molecule has 3 nitrogen and oxygen atoms in total. The monoisotopic (exact) mass is 289 g/mol. The molecule has 112 valence electrons. The van der Waals surface area contributed by atoms with Crippen molar-refractivity contribution in [2.75, 3.05) is 11.9 Å². The SMILES string of the molecule is CCOC1CC(Nc2ccc(C(O)C(F)(F)F)cc2)C1. The van der Waals surface area contributed by atoms with Crippen LogP contribution < -0.4 is 5.32 Å². The number of hydrogen-bond acceptors (Lipinski definition) is 3. The van der Waals surface area contributed by atoms with E-state index in [-0.39, 0.29) is 11.7 Å². The maximum atomic E-state index is 12.3. The molecule has 0 amide bonds. The third kappa shape index (κ3) is 3.64. The fourth-order valence-electron chi connectivity index (χ4n) is 2.24. The first kappa shape index (κ1) is 15.1. The minimum Gasteiger partial charge on any atom is -0.382 e. The normalized spacial score (nSPS) is 24.1. The van der Waals surface area contributed by atoms with E-state index in [9.17, 15) is 13.2 Å². The van der Waals surface area contributed by atoms with Gasteiger partial charge in [-0.15, -0.1) is 0 Å². The smallest absolute Gasteiger partial charge is 0.382 e. The molecule has 1 unspecified atom stereocenters. The third-order valence-corrected chi connectivity index (χ3v) is 3.40. The lowest BCUT2D eigenvalue weighted by Gasteiger charge is -2.36. The van der Waals surface area contributed by atoms with Crippen LogP contribution in [0.2, 0.25) is 0 Å². The van der Waals surface area contributed by atoms with Crippen LogP contribution in [0.15, 0.2) is 24.3 Å². The Morgan fingerprint density at radius 2 is 1.90 bits per heavy atom. The maximum absolute atomic E-state index is 12.3. The number of ether oxygens (including phenoxy) is 1. The van der Waals surface area contributed by atoms with Gasteiger partial charge in [-0.2, -0.15) is 13.2 Å². The fourth-order valence-corrected chi connectivity index (χ4v) is 2.24. The lowest BCUT2D eigenvalue weighted by Crippen LogP contribution is -2.40. The summed E-state index contributed by atoms with van der Waals surface area (Å²) in [5.74, 6) is 0. The van der Waals surface area contributed by atoms with E-state index in [2.05, 4.69) is 5.32 Å². The molecule has 0 radical (unpaired) electrons. The summed E-state index contributed by atoms with van der Waals surface area (Å²) in [6.07, 6.45) is -4.97. The van der Waals surface area contributed by atoms with Crippen LogP contribution >= 0.6 is 0 Å². The molecule has 0 aromatic heterocycles. The zero-order valence-electron chi connectivity index (χ0n) is 11.2. The average molecular weight is 289 g/mol. The van der Waals surface area contributed by atoms with Crippen LogP contribution in [-0.4, -0.2) is 30.0 Å². The Kier molecular flexibility index (Phi) is 4.55. The first-order valence-electron chi connectivity index (χ1n) is 6.63. The van der Waals surface area contributed by atoms with Gasteiger partial charge in [-0.05, 0) is 37.5 Å². The van der Waals surface area contributed by atoms with Crippen LogP contribution in [0.5, 0.6) is 0 Å². The number of anilines is 1. The number of alkyl halides is 3.